The summed E-state index contributed by atoms with van der Waals surface area (Å²) in [5.74, 6) is -0.0220. The lowest BCUT2D eigenvalue weighted by Gasteiger charge is -2.34. The summed E-state index contributed by atoms with van der Waals surface area (Å²) in [4.78, 5) is 31.8. The average Bonchev–Trinajstić information content (AvgIpc) is 2.46. The van der Waals surface area contributed by atoms with Crippen molar-refractivity contribution in [3.05, 3.63) is 29.0 Å². The summed E-state index contributed by atoms with van der Waals surface area (Å²) >= 11 is 5.82. The van der Waals surface area contributed by atoms with Gasteiger partial charge in [0.2, 0.25) is 5.91 Å². The first kappa shape index (κ1) is 16.7. The maximum absolute atomic E-state index is 12.4. The molecule has 1 aliphatic rings. The molecule has 0 spiro atoms. The van der Waals surface area contributed by atoms with Crippen LogP contribution >= 0.6 is 11.6 Å². The number of hydrogen-bond acceptors (Lipinski definition) is 4. The molecule has 120 valence electrons. The predicted octanol–water partition coefficient (Wildman–Crippen LogP) is 1.02. The van der Waals surface area contributed by atoms with E-state index in [-0.39, 0.29) is 17.9 Å². The Morgan fingerprint density at radius 3 is 2.59 bits per heavy atom. The third kappa shape index (κ3) is 4.68. The van der Waals surface area contributed by atoms with Crippen LogP contribution in [0.5, 0.6) is 0 Å². The number of pyridine rings is 1. The summed E-state index contributed by atoms with van der Waals surface area (Å²) < 4.78 is 0. The highest BCUT2D eigenvalue weighted by molar-refractivity contribution is 6.29. The van der Waals surface area contributed by atoms with Crippen LogP contribution in [0.25, 0.3) is 0 Å². The van der Waals surface area contributed by atoms with Gasteiger partial charge < -0.3 is 10.2 Å². The molecule has 1 aromatic rings. The van der Waals surface area contributed by atoms with Crippen LogP contribution in [0.2, 0.25) is 5.15 Å². The molecule has 22 heavy (non-hydrogen) atoms. The van der Waals surface area contributed by atoms with Gasteiger partial charge in [-0.05, 0) is 26.0 Å². The lowest BCUT2D eigenvalue weighted by Crippen LogP contribution is -2.51. The van der Waals surface area contributed by atoms with Crippen LogP contribution in [0.3, 0.4) is 0 Å². The molecule has 1 aromatic heterocycles. The van der Waals surface area contributed by atoms with E-state index in [2.05, 4.69) is 15.2 Å². The molecule has 0 saturated carbocycles. The molecule has 1 N–H and O–H groups in total. The fraction of sp³-hybridized carbons (Fsp3) is 0.533. The molecule has 6 nitrogen and oxygen atoms in total. The topological polar surface area (TPSA) is 65.5 Å². The van der Waals surface area contributed by atoms with Crippen LogP contribution in [-0.4, -0.2) is 65.4 Å². The van der Waals surface area contributed by atoms with Gasteiger partial charge in [0.1, 0.15) is 5.15 Å². The van der Waals surface area contributed by atoms with Crippen molar-refractivity contribution in [1.29, 1.82) is 0 Å². The first-order chi connectivity index (χ1) is 10.5. The van der Waals surface area contributed by atoms with E-state index in [9.17, 15) is 9.59 Å². The smallest absolute Gasteiger partial charge is 0.254 e. The fourth-order valence-corrected chi connectivity index (χ4v) is 2.57. The second-order valence-corrected chi connectivity index (χ2v) is 6.05. The molecule has 7 heteroatoms. The molecule has 2 rings (SSSR count). The molecule has 1 aliphatic heterocycles. The Balaban J connectivity index is 1.84. The van der Waals surface area contributed by atoms with Crippen molar-refractivity contribution < 1.29 is 9.59 Å². The lowest BCUT2D eigenvalue weighted by atomic mass is 10.2. The Morgan fingerprint density at radius 1 is 1.32 bits per heavy atom. The zero-order valence-corrected chi connectivity index (χ0v) is 13.6. The number of aromatic nitrogens is 1. The number of carbonyl (C=O) groups excluding carboxylic acids is 2. The SMILES string of the molecule is CC(C)NC(=O)CN1CCN(C(=O)c2ccnc(Cl)c2)CC1. The number of carbonyl (C=O) groups is 2. The highest BCUT2D eigenvalue weighted by atomic mass is 35.5. The first-order valence-electron chi connectivity index (χ1n) is 7.38. The maximum atomic E-state index is 12.4. The summed E-state index contributed by atoms with van der Waals surface area (Å²) in [5, 5.41) is 3.19. The zero-order chi connectivity index (χ0) is 16.1. The second kappa shape index (κ2) is 7.56. The Bertz CT molecular complexity index is 542. The molecule has 0 radical (unpaired) electrons. The monoisotopic (exact) mass is 324 g/mol. The van der Waals surface area contributed by atoms with E-state index in [1.165, 1.54) is 6.20 Å². The minimum Gasteiger partial charge on any atom is -0.353 e. The zero-order valence-electron chi connectivity index (χ0n) is 12.9. The first-order valence-corrected chi connectivity index (χ1v) is 7.76. The third-order valence-corrected chi connectivity index (χ3v) is 3.66. The third-order valence-electron chi connectivity index (χ3n) is 3.45. The van der Waals surface area contributed by atoms with Crippen molar-refractivity contribution in [2.24, 2.45) is 0 Å². The van der Waals surface area contributed by atoms with Crippen LogP contribution in [0.4, 0.5) is 0 Å². The number of hydrogen-bond donors (Lipinski definition) is 1. The van der Waals surface area contributed by atoms with E-state index in [0.717, 1.165) is 0 Å². The summed E-state index contributed by atoms with van der Waals surface area (Å²) in [6.07, 6.45) is 1.53. The van der Waals surface area contributed by atoms with E-state index in [4.69, 9.17) is 11.6 Å². The van der Waals surface area contributed by atoms with Gasteiger partial charge in [0.05, 0.1) is 6.54 Å². The molecule has 0 aliphatic carbocycles. The number of amides is 2. The highest BCUT2D eigenvalue weighted by Crippen LogP contribution is 2.12. The Labute approximate surface area is 135 Å². The molecule has 1 saturated heterocycles. The minimum absolute atomic E-state index is 0.0238. The summed E-state index contributed by atoms with van der Waals surface area (Å²) in [6, 6.07) is 3.38. The number of halogens is 1. The number of nitrogens with zero attached hydrogens (tertiary/aromatic N) is 3. The molecule has 0 atom stereocenters. The van der Waals surface area contributed by atoms with Crippen molar-refractivity contribution >= 4 is 23.4 Å². The lowest BCUT2D eigenvalue weighted by molar-refractivity contribution is -0.123. The van der Waals surface area contributed by atoms with E-state index in [0.29, 0.717) is 43.4 Å². The van der Waals surface area contributed by atoms with Gasteiger partial charge in [-0.25, -0.2) is 4.98 Å². The number of piperazine rings is 1. The Kier molecular flexibility index (Phi) is 5.74. The summed E-state index contributed by atoms with van der Waals surface area (Å²) in [6.45, 7) is 6.84. The van der Waals surface area contributed by atoms with Gasteiger partial charge in [0.25, 0.3) is 5.91 Å². The minimum atomic E-state index is -0.0458. The van der Waals surface area contributed by atoms with Crippen molar-refractivity contribution in [2.45, 2.75) is 19.9 Å². The van der Waals surface area contributed by atoms with Crippen LogP contribution in [0.1, 0.15) is 24.2 Å². The molecular formula is C15H21ClN4O2. The van der Waals surface area contributed by atoms with Crippen LogP contribution < -0.4 is 5.32 Å². The predicted molar refractivity (Wildman–Crippen MR) is 84.9 cm³/mol. The molecular weight excluding hydrogens is 304 g/mol. The van der Waals surface area contributed by atoms with Gasteiger partial charge in [0.15, 0.2) is 0 Å². The van der Waals surface area contributed by atoms with Crippen LogP contribution in [-0.2, 0) is 4.79 Å². The van der Waals surface area contributed by atoms with Crippen molar-refractivity contribution in [1.82, 2.24) is 20.1 Å². The number of rotatable bonds is 4. The Hall–Kier alpha value is -1.66. The van der Waals surface area contributed by atoms with Crippen molar-refractivity contribution in [3.63, 3.8) is 0 Å². The normalized spacial score (nSPS) is 15.9. The van der Waals surface area contributed by atoms with Gasteiger partial charge in [0, 0.05) is 44.0 Å². The van der Waals surface area contributed by atoms with E-state index in [1.54, 1.807) is 17.0 Å². The average molecular weight is 325 g/mol. The quantitative estimate of drug-likeness (QED) is 0.840. The fourth-order valence-electron chi connectivity index (χ4n) is 2.40. The molecule has 1 fully saturated rings. The highest BCUT2D eigenvalue weighted by Gasteiger charge is 2.23. The van der Waals surface area contributed by atoms with Crippen LogP contribution in [0, 0.1) is 0 Å². The Morgan fingerprint density at radius 2 is 2.00 bits per heavy atom. The summed E-state index contributed by atoms with van der Waals surface area (Å²) in [5.41, 5.74) is 0.547. The van der Waals surface area contributed by atoms with Gasteiger partial charge in [-0.1, -0.05) is 11.6 Å². The van der Waals surface area contributed by atoms with Crippen LogP contribution in [0.15, 0.2) is 18.3 Å². The molecule has 2 heterocycles. The van der Waals surface area contributed by atoms with Crippen molar-refractivity contribution in [2.75, 3.05) is 32.7 Å². The van der Waals surface area contributed by atoms with Gasteiger partial charge in [-0.15, -0.1) is 0 Å². The van der Waals surface area contributed by atoms with E-state index >= 15 is 0 Å². The maximum Gasteiger partial charge on any atom is 0.254 e. The molecule has 0 aromatic carbocycles. The van der Waals surface area contributed by atoms with Gasteiger partial charge >= 0.3 is 0 Å². The van der Waals surface area contributed by atoms with Gasteiger partial charge in [-0.2, -0.15) is 0 Å². The largest absolute Gasteiger partial charge is 0.353 e. The number of nitrogens with one attached hydrogen (secondary N) is 1. The van der Waals surface area contributed by atoms with Crippen molar-refractivity contribution in [3.8, 4) is 0 Å². The van der Waals surface area contributed by atoms with Gasteiger partial charge in [-0.3, -0.25) is 14.5 Å². The molecule has 2 amide bonds. The molecule has 0 bridgehead atoms. The second-order valence-electron chi connectivity index (χ2n) is 5.66. The molecule has 0 unspecified atom stereocenters. The van der Waals surface area contributed by atoms with E-state index in [1.807, 2.05) is 13.8 Å². The van der Waals surface area contributed by atoms with E-state index < -0.39 is 0 Å². The standard InChI is InChI=1S/C15H21ClN4O2/c1-11(2)18-14(21)10-19-5-7-20(8-6-19)15(22)12-3-4-17-13(16)9-12/h3-4,9,11H,5-8,10H2,1-2H3,(H,18,21). The summed E-state index contributed by atoms with van der Waals surface area (Å²) in [7, 11) is 0.